The van der Waals surface area contributed by atoms with Crippen LogP contribution < -0.4 is 5.32 Å². The third-order valence-corrected chi connectivity index (χ3v) is 5.58. The van der Waals surface area contributed by atoms with Gasteiger partial charge in [-0.2, -0.15) is 0 Å². The molecule has 1 aromatic heterocycles. The van der Waals surface area contributed by atoms with Gasteiger partial charge in [-0.05, 0) is 35.9 Å². The average molecular weight is 385 g/mol. The highest BCUT2D eigenvalue weighted by atomic mass is 32.1. The van der Waals surface area contributed by atoms with Crippen molar-refractivity contribution in [3.8, 4) is 0 Å². The van der Waals surface area contributed by atoms with Crippen LogP contribution in [0.3, 0.4) is 0 Å². The molecule has 4 rings (SSSR count). The minimum absolute atomic E-state index is 0.0226. The summed E-state index contributed by atoms with van der Waals surface area (Å²) < 4.78 is 19.8. The molecule has 1 aliphatic heterocycles. The molecule has 0 bridgehead atoms. The van der Waals surface area contributed by atoms with E-state index in [-0.39, 0.29) is 17.8 Å². The van der Waals surface area contributed by atoms with Crippen LogP contribution in [0.25, 0.3) is 10.2 Å². The van der Waals surface area contributed by atoms with Gasteiger partial charge in [0.2, 0.25) is 0 Å². The predicted octanol–water partition coefficient (Wildman–Crippen LogP) is 3.24. The second kappa shape index (κ2) is 8.12. The molecule has 0 saturated carbocycles. The van der Waals surface area contributed by atoms with E-state index in [2.05, 4.69) is 15.2 Å². The van der Waals surface area contributed by atoms with Gasteiger partial charge in [-0.1, -0.05) is 12.1 Å². The molecule has 7 heteroatoms. The molecule has 1 fully saturated rings. The molecule has 2 aromatic carbocycles. The molecule has 0 aliphatic carbocycles. The maximum absolute atomic E-state index is 13.3. The summed E-state index contributed by atoms with van der Waals surface area (Å²) >= 11 is 1.52. The zero-order valence-corrected chi connectivity index (χ0v) is 15.5. The minimum atomic E-state index is -0.263. The molecule has 1 unspecified atom stereocenters. The summed E-state index contributed by atoms with van der Waals surface area (Å²) in [4.78, 5) is 19.2. The average Bonchev–Trinajstić information content (AvgIpc) is 3.18. The van der Waals surface area contributed by atoms with Gasteiger partial charge >= 0.3 is 0 Å². The number of halogens is 1. The molecule has 5 nitrogen and oxygen atoms in total. The van der Waals surface area contributed by atoms with Crippen LogP contribution in [-0.2, 0) is 4.74 Å². The monoisotopic (exact) mass is 385 g/mol. The van der Waals surface area contributed by atoms with Crippen LogP contribution >= 0.6 is 11.3 Å². The third kappa shape index (κ3) is 4.16. The van der Waals surface area contributed by atoms with Gasteiger partial charge < -0.3 is 10.1 Å². The fourth-order valence-corrected chi connectivity index (χ4v) is 4.04. The van der Waals surface area contributed by atoms with Crippen molar-refractivity contribution in [2.45, 2.75) is 6.04 Å². The normalized spacial score (nSPS) is 16.3. The number of nitrogens with one attached hydrogen (secondary N) is 1. The Morgan fingerprint density at radius 2 is 2.00 bits per heavy atom. The van der Waals surface area contributed by atoms with Crippen LogP contribution in [0, 0.1) is 5.82 Å². The summed E-state index contributed by atoms with van der Waals surface area (Å²) in [5, 5.41) is 3.04. The maximum atomic E-state index is 13.3. The van der Waals surface area contributed by atoms with Gasteiger partial charge in [-0.25, -0.2) is 9.37 Å². The van der Waals surface area contributed by atoms with E-state index in [0.717, 1.165) is 28.9 Å². The highest BCUT2D eigenvalue weighted by Gasteiger charge is 2.23. The first-order valence-electron chi connectivity index (χ1n) is 8.89. The number of hydrogen-bond acceptors (Lipinski definition) is 5. The first kappa shape index (κ1) is 18.0. The molecule has 1 aliphatic rings. The fraction of sp³-hybridized carbons (Fsp3) is 0.300. The van der Waals surface area contributed by atoms with Crippen LogP contribution in [0.1, 0.15) is 22.0 Å². The highest BCUT2D eigenvalue weighted by molar-refractivity contribution is 7.16. The molecule has 1 saturated heterocycles. The van der Waals surface area contributed by atoms with Crippen LogP contribution in [-0.4, -0.2) is 48.6 Å². The van der Waals surface area contributed by atoms with Gasteiger partial charge in [0.15, 0.2) is 0 Å². The lowest BCUT2D eigenvalue weighted by molar-refractivity contribution is 0.0162. The second-order valence-corrected chi connectivity index (χ2v) is 7.35. The third-order valence-electron chi connectivity index (χ3n) is 4.79. The summed E-state index contributed by atoms with van der Waals surface area (Å²) in [5.74, 6) is -0.382. The highest BCUT2D eigenvalue weighted by Crippen LogP contribution is 2.23. The van der Waals surface area contributed by atoms with Gasteiger partial charge in [0.1, 0.15) is 5.82 Å². The smallest absolute Gasteiger partial charge is 0.251 e. The second-order valence-electron chi connectivity index (χ2n) is 6.46. The number of carbonyl (C=O) groups is 1. The molecule has 0 radical (unpaired) electrons. The van der Waals surface area contributed by atoms with Crippen molar-refractivity contribution in [1.29, 1.82) is 0 Å². The number of aromatic nitrogens is 1. The van der Waals surface area contributed by atoms with Crippen molar-refractivity contribution in [1.82, 2.24) is 15.2 Å². The zero-order valence-electron chi connectivity index (χ0n) is 14.7. The molecule has 1 atom stereocenters. The van der Waals surface area contributed by atoms with Crippen molar-refractivity contribution in [3.63, 3.8) is 0 Å². The quantitative estimate of drug-likeness (QED) is 0.733. The number of amides is 1. The zero-order chi connectivity index (χ0) is 18.6. The Morgan fingerprint density at radius 1 is 1.22 bits per heavy atom. The van der Waals surface area contributed by atoms with E-state index in [1.165, 1.54) is 23.5 Å². The first-order chi connectivity index (χ1) is 13.2. The van der Waals surface area contributed by atoms with Gasteiger partial charge in [-0.3, -0.25) is 9.69 Å². The Balaban J connectivity index is 1.50. The number of fused-ring (bicyclic) bond motifs is 1. The minimum Gasteiger partial charge on any atom is -0.379 e. The predicted molar refractivity (Wildman–Crippen MR) is 103 cm³/mol. The van der Waals surface area contributed by atoms with E-state index in [1.807, 2.05) is 12.1 Å². The van der Waals surface area contributed by atoms with Crippen molar-refractivity contribution in [2.24, 2.45) is 0 Å². The molecule has 27 heavy (non-hydrogen) atoms. The SMILES string of the molecule is O=C(NCC(c1ccc(F)cc1)N1CCOCC1)c1ccc2ncsc2c1. The number of ether oxygens (including phenoxy) is 1. The lowest BCUT2D eigenvalue weighted by atomic mass is 10.0. The molecular weight excluding hydrogens is 365 g/mol. The van der Waals surface area contributed by atoms with E-state index in [0.29, 0.717) is 25.3 Å². The van der Waals surface area contributed by atoms with Gasteiger partial charge in [0.25, 0.3) is 5.91 Å². The van der Waals surface area contributed by atoms with Gasteiger partial charge in [0.05, 0.1) is 35.0 Å². The van der Waals surface area contributed by atoms with E-state index in [9.17, 15) is 9.18 Å². The lowest BCUT2D eigenvalue weighted by Crippen LogP contribution is -2.43. The molecule has 3 aromatic rings. The molecule has 1 N–H and O–H groups in total. The molecule has 1 amide bonds. The van der Waals surface area contributed by atoms with Crippen molar-refractivity contribution in [3.05, 3.63) is 64.9 Å². The standard InChI is InChI=1S/C20H20FN3O2S/c21-16-4-1-14(2-5-16)18(24-7-9-26-10-8-24)12-22-20(25)15-3-6-17-19(11-15)27-13-23-17/h1-6,11,13,18H,7-10,12H2,(H,22,25). The number of morpholine rings is 1. The van der Waals surface area contributed by atoms with E-state index in [4.69, 9.17) is 4.74 Å². The van der Waals surface area contributed by atoms with Crippen molar-refractivity contribution < 1.29 is 13.9 Å². The Hall–Kier alpha value is -2.35. The summed E-state index contributed by atoms with van der Waals surface area (Å²) in [7, 11) is 0. The van der Waals surface area contributed by atoms with Gasteiger partial charge in [-0.15, -0.1) is 11.3 Å². The van der Waals surface area contributed by atoms with E-state index < -0.39 is 0 Å². The Labute approximate surface area is 160 Å². The van der Waals surface area contributed by atoms with Crippen LogP contribution in [0.4, 0.5) is 4.39 Å². The van der Waals surface area contributed by atoms with E-state index >= 15 is 0 Å². The number of carbonyl (C=O) groups excluding carboxylic acids is 1. The fourth-order valence-electron chi connectivity index (χ4n) is 3.32. The van der Waals surface area contributed by atoms with E-state index in [1.54, 1.807) is 23.7 Å². The first-order valence-corrected chi connectivity index (χ1v) is 9.77. The largest absolute Gasteiger partial charge is 0.379 e. The summed E-state index contributed by atoms with van der Waals surface area (Å²) in [5.41, 5.74) is 4.27. The number of rotatable bonds is 5. The molecule has 2 heterocycles. The Bertz CT molecular complexity index is 922. The summed E-state index contributed by atoms with van der Waals surface area (Å²) in [6.07, 6.45) is 0. The molecular formula is C20H20FN3O2S. The number of thiazole rings is 1. The van der Waals surface area contributed by atoms with Crippen molar-refractivity contribution >= 4 is 27.5 Å². The Morgan fingerprint density at radius 3 is 2.78 bits per heavy atom. The van der Waals surface area contributed by atoms with Crippen LogP contribution in [0.5, 0.6) is 0 Å². The molecule has 140 valence electrons. The topological polar surface area (TPSA) is 54.5 Å². The molecule has 0 spiro atoms. The van der Waals surface area contributed by atoms with Crippen LogP contribution in [0.2, 0.25) is 0 Å². The van der Waals surface area contributed by atoms with Crippen LogP contribution in [0.15, 0.2) is 48.0 Å². The number of hydrogen-bond donors (Lipinski definition) is 1. The maximum Gasteiger partial charge on any atom is 0.251 e. The van der Waals surface area contributed by atoms with Gasteiger partial charge in [0, 0.05) is 25.2 Å². The van der Waals surface area contributed by atoms with Crippen molar-refractivity contribution in [2.75, 3.05) is 32.8 Å². The lowest BCUT2D eigenvalue weighted by Gasteiger charge is -2.35. The number of benzene rings is 2. The Kier molecular flexibility index (Phi) is 5.42. The summed E-state index contributed by atoms with van der Waals surface area (Å²) in [6, 6.07) is 12.0. The summed E-state index contributed by atoms with van der Waals surface area (Å²) in [6.45, 7) is 3.34. The number of nitrogens with zero attached hydrogens (tertiary/aromatic N) is 2.